The monoisotopic (exact) mass is 236 g/mol. The maximum atomic E-state index is 3.19. The molecule has 3 heteroatoms. The molecule has 1 N–H and O–H groups in total. The first kappa shape index (κ1) is 12.0. The van der Waals surface area contributed by atoms with Crippen molar-refractivity contribution in [3.8, 4) is 0 Å². The van der Waals surface area contributed by atoms with Crippen LogP contribution in [0.4, 0.5) is 0 Å². The average molecular weight is 236 g/mol. The standard InChI is InChI=1S/C13H20N2S/c1-14-7-8-15(2)10-12-9-11-5-3-4-6-13(11)16-12/h3-6,12,14H,7-10H2,1-2H3. The van der Waals surface area contributed by atoms with E-state index in [1.807, 2.05) is 18.8 Å². The summed E-state index contributed by atoms with van der Waals surface area (Å²) < 4.78 is 0. The molecule has 1 aromatic carbocycles. The highest BCUT2D eigenvalue weighted by Crippen LogP contribution is 2.36. The van der Waals surface area contributed by atoms with E-state index in [0.29, 0.717) is 0 Å². The number of hydrogen-bond donors (Lipinski definition) is 1. The highest BCUT2D eigenvalue weighted by molar-refractivity contribution is 8.00. The van der Waals surface area contributed by atoms with Gasteiger partial charge in [-0.15, -0.1) is 11.8 Å². The Bertz CT molecular complexity index is 315. The first-order valence-corrected chi connectivity index (χ1v) is 6.75. The molecule has 0 aromatic heterocycles. The highest BCUT2D eigenvalue weighted by Gasteiger charge is 2.22. The molecule has 1 aliphatic rings. The number of rotatable bonds is 5. The van der Waals surface area contributed by atoms with Gasteiger partial charge >= 0.3 is 0 Å². The average Bonchev–Trinajstić information content (AvgIpc) is 2.68. The lowest BCUT2D eigenvalue weighted by Crippen LogP contribution is -2.32. The minimum Gasteiger partial charge on any atom is -0.318 e. The molecule has 1 aliphatic heterocycles. The molecule has 1 atom stereocenters. The molecule has 16 heavy (non-hydrogen) atoms. The van der Waals surface area contributed by atoms with Crippen LogP contribution in [-0.2, 0) is 6.42 Å². The van der Waals surface area contributed by atoms with Gasteiger partial charge in [0.2, 0.25) is 0 Å². The Hall–Kier alpha value is -0.510. The molecule has 1 unspecified atom stereocenters. The van der Waals surface area contributed by atoms with Crippen molar-refractivity contribution in [3.05, 3.63) is 29.8 Å². The molecule has 0 saturated carbocycles. The van der Waals surface area contributed by atoms with E-state index < -0.39 is 0 Å². The van der Waals surface area contributed by atoms with Crippen molar-refractivity contribution in [1.82, 2.24) is 10.2 Å². The van der Waals surface area contributed by atoms with Crippen molar-refractivity contribution in [2.75, 3.05) is 33.7 Å². The van der Waals surface area contributed by atoms with Crippen LogP contribution < -0.4 is 5.32 Å². The molecule has 1 aromatic rings. The minimum absolute atomic E-state index is 0.735. The molecule has 0 spiro atoms. The maximum absolute atomic E-state index is 3.19. The van der Waals surface area contributed by atoms with Gasteiger partial charge in [-0.1, -0.05) is 18.2 Å². The molecule has 0 fully saturated rings. The van der Waals surface area contributed by atoms with Gasteiger partial charge in [-0.25, -0.2) is 0 Å². The first-order valence-electron chi connectivity index (χ1n) is 5.87. The summed E-state index contributed by atoms with van der Waals surface area (Å²) in [5, 5.41) is 3.93. The number of likely N-dealkylation sites (N-methyl/N-ethyl adjacent to an activating group) is 2. The molecule has 88 valence electrons. The van der Waals surface area contributed by atoms with Crippen LogP contribution in [0.2, 0.25) is 0 Å². The van der Waals surface area contributed by atoms with E-state index in [4.69, 9.17) is 0 Å². The Morgan fingerprint density at radius 1 is 1.44 bits per heavy atom. The van der Waals surface area contributed by atoms with E-state index in [1.165, 1.54) is 23.4 Å². The second-order valence-electron chi connectivity index (χ2n) is 4.42. The van der Waals surface area contributed by atoms with Crippen LogP contribution in [0.3, 0.4) is 0 Å². The Kier molecular flexibility index (Phi) is 4.27. The number of nitrogens with one attached hydrogen (secondary N) is 1. The lowest BCUT2D eigenvalue weighted by atomic mass is 10.1. The van der Waals surface area contributed by atoms with Gasteiger partial charge in [-0.2, -0.15) is 0 Å². The summed E-state index contributed by atoms with van der Waals surface area (Å²) >= 11 is 2.04. The summed E-state index contributed by atoms with van der Waals surface area (Å²) in [5.41, 5.74) is 1.53. The molecule has 2 nitrogen and oxygen atoms in total. The van der Waals surface area contributed by atoms with Crippen molar-refractivity contribution in [3.63, 3.8) is 0 Å². The van der Waals surface area contributed by atoms with Crippen molar-refractivity contribution in [2.45, 2.75) is 16.6 Å². The molecule has 0 radical (unpaired) electrons. The van der Waals surface area contributed by atoms with Crippen molar-refractivity contribution in [1.29, 1.82) is 0 Å². The Morgan fingerprint density at radius 3 is 3.00 bits per heavy atom. The zero-order chi connectivity index (χ0) is 11.4. The molecule has 1 heterocycles. The van der Waals surface area contributed by atoms with Gasteiger partial charge in [0.1, 0.15) is 0 Å². The maximum Gasteiger partial charge on any atom is 0.0263 e. The lowest BCUT2D eigenvalue weighted by molar-refractivity contribution is 0.336. The minimum atomic E-state index is 0.735. The van der Waals surface area contributed by atoms with Crippen LogP contribution in [0.5, 0.6) is 0 Å². The Morgan fingerprint density at radius 2 is 2.25 bits per heavy atom. The summed E-state index contributed by atoms with van der Waals surface area (Å²) in [4.78, 5) is 3.90. The van der Waals surface area contributed by atoms with Gasteiger partial charge in [0.05, 0.1) is 0 Å². The van der Waals surface area contributed by atoms with Crippen LogP contribution >= 0.6 is 11.8 Å². The van der Waals surface area contributed by atoms with Gasteiger partial charge in [0, 0.05) is 29.8 Å². The topological polar surface area (TPSA) is 15.3 Å². The van der Waals surface area contributed by atoms with E-state index in [1.54, 1.807) is 0 Å². The van der Waals surface area contributed by atoms with Gasteiger partial charge in [-0.3, -0.25) is 0 Å². The zero-order valence-electron chi connectivity index (χ0n) is 10.1. The SMILES string of the molecule is CNCCN(C)CC1Cc2ccccc2S1. The second-order valence-corrected chi connectivity index (χ2v) is 5.76. The summed E-state index contributed by atoms with van der Waals surface area (Å²) in [5.74, 6) is 0. The van der Waals surface area contributed by atoms with Crippen LogP contribution in [0.1, 0.15) is 5.56 Å². The van der Waals surface area contributed by atoms with Gasteiger partial charge in [0.15, 0.2) is 0 Å². The molecule has 0 amide bonds. The van der Waals surface area contributed by atoms with Gasteiger partial charge in [-0.05, 0) is 32.1 Å². The van der Waals surface area contributed by atoms with Crippen LogP contribution in [0.15, 0.2) is 29.2 Å². The third-order valence-electron chi connectivity index (χ3n) is 2.97. The van der Waals surface area contributed by atoms with E-state index in [9.17, 15) is 0 Å². The predicted octanol–water partition coefficient (Wildman–Crippen LogP) is 1.85. The first-order chi connectivity index (χ1) is 7.79. The van der Waals surface area contributed by atoms with Crippen LogP contribution in [0.25, 0.3) is 0 Å². The Balaban J connectivity index is 1.82. The van der Waals surface area contributed by atoms with E-state index in [2.05, 4.69) is 41.5 Å². The largest absolute Gasteiger partial charge is 0.318 e. The van der Waals surface area contributed by atoms with Gasteiger partial charge in [0.25, 0.3) is 0 Å². The summed E-state index contributed by atoms with van der Waals surface area (Å²) in [7, 11) is 4.22. The number of thioether (sulfide) groups is 1. The van der Waals surface area contributed by atoms with Crippen LogP contribution in [-0.4, -0.2) is 43.9 Å². The molecular weight excluding hydrogens is 216 g/mol. The fourth-order valence-corrected chi connectivity index (χ4v) is 3.51. The van der Waals surface area contributed by atoms with E-state index in [-0.39, 0.29) is 0 Å². The fourth-order valence-electron chi connectivity index (χ4n) is 2.10. The molecule has 0 saturated heterocycles. The molecule has 2 rings (SSSR count). The third kappa shape index (κ3) is 3.00. The van der Waals surface area contributed by atoms with Gasteiger partial charge < -0.3 is 10.2 Å². The summed E-state index contributed by atoms with van der Waals surface area (Å²) in [6, 6.07) is 8.79. The number of benzene rings is 1. The van der Waals surface area contributed by atoms with Crippen molar-refractivity contribution in [2.24, 2.45) is 0 Å². The van der Waals surface area contributed by atoms with Crippen molar-refractivity contribution >= 4 is 11.8 Å². The number of hydrogen-bond acceptors (Lipinski definition) is 3. The molecular formula is C13H20N2S. The number of nitrogens with zero attached hydrogens (tertiary/aromatic N) is 1. The summed E-state index contributed by atoms with van der Waals surface area (Å²) in [6.45, 7) is 3.38. The molecule has 0 aliphatic carbocycles. The van der Waals surface area contributed by atoms with E-state index >= 15 is 0 Å². The zero-order valence-corrected chi connectivity index (χ0v) is 10.9. The highest BCUT2D eigenvalue weighted by atomic mass is 32.2. The normalized spacial score (nSPS) is 19.1. The van der Waals surface area contributed by atoms with Crippen LogP contribution in [0, 0.1) is 0 Å². The lowest BCUT2D eigenvalue weighted by Gasteiger charge is -2.19. The number of fused-ring (bicyclic) bond motifs is 1. The fraction of sp³-hybridized carbons (Fsp3) is 0.538. The quantitative estimate of drug-likeness (QED) is 0.840. The van der Waals surface area contributed by atoms with E-state index in [0.717, 1.165) is 18.3 Å². The Labute approximate surface area is 102 Å². The molecule has 0 bridgehead atoms. The van der Waals surface area contributed by atoms with Crippen molar-refractivity contribution < 1.29 is 0 Å². The smallest absolute Gasteiger partial charge is 0.0263 e. The predicted molar refractivity (Wildman–Crippen MR) is 71.2 cm³/mol. The second kappa shape index (κ2) is 5.71. The third-order valence-corrected chi connectivity index (χ3v) is 4.27. The summed E-state index contributed by atoms with van der Waals surface area (Å²) in [6.07, 6.45) is 1.23.